The number of carbonyl (C=O) groups excluding carboxylic acids is 1. The van der Waals surface area contributed by atoms with Crippen molar-refractivity contribution in [2.75, 3.05) is 0 Å². The summed E-state index contributed by atoms with van der Waals surface area (Å²) in [7, 11) is 0. The third-order valence-electron chi connectivity index (χ3n) is 4.45. The molecule has 2 unspecified atom stereocenters. The molecule has 114 valence electrons. The van der Waals surface area contributed by atoms with Gasteiger partial charge in [0.1, 0.15) is 6.10 Å². The maximum atomic E-state index is 13.0. The Labute approximate surface area is 127 Å². The standard InChI is InChI=1S/C19H26O2/c1-4-11-19(13-8-12-18(2,3)14-19)17(21)16(20)15-9-6-5-7-10-15/h5-10,13,16,20H,4,11-12,14H2,1-3H3. The fraction of sp³-hybridized carbons (Fsp3) is 0.526. The topological polar surface area (TPSA) is 37.3 Å². The van der Waals surface area contributed by atoms with Crippen molar-refractivity contribution in [2.24, 2.45) is 10.8 Å². The van der Waals surface area contributed by atoms with Gasteiger partial charge in [0.15, 0.2) is 5.78 Å². The number of hydrogen-bond acceptors (Lipinski definition) is 2. The van der Waals surface area contributed by atoms with E-state index in [9.17, 15) is 9.90 Å². The minimum absolute atomic E-state index is 0.0559. The van der Waals surface area contributed by atoms with Crippen LogP contribution >= 0.6 is 0 Å². The minimum Gasteiger partial charge on any atom is -0.381 e. The Bertz CT molecular complexity index is 516. The lowest BCUT2D eigenvalue weighted by Gasteiger charge is -2.41. The molecule has 0 aromatic heterocycles. The Hall–Kier alpha value is -1.41. The average Bonchev–Trinajstić information content (AvgIpc) is 2.46. The van der Waals surface area contributed by atoms with E-state index >= 15 is 0 Å². The first-order valence-corrected chi connectivity index (χ1v) is 7.85. The third kappa shape index (κ3) is 3.44. The summed E-state index contributed by atoms with van der Waals surface area (Å²) >= 11 is 0. The second-order valence-electron chi connectivity index (χ2n) is 7.03. The summed E-state index contributed by atoms with van der Waals surface area (Å²) < 4.78 is 0. The molecule has 0 spiro atoms. The Morgan fingerprint density at radius 1 is 1.29 bits per heavy atom. The van der Waals surface area contributed by atoms with Gasteiger partial charge in [-0.25, -0.2) is 0 Å². The zero-order chi connectivity index (χ0) is 15.5. The molecule has 2 rings (SSSR count). The molecule has 0 saturated carbocycles. The Morgan fingerprint density at radius 2 is 1.95 bits per heavy atom. The van der Waals surface area contributed by atoms with Gasteiger partial charge in [-0.3, -0.25) is 4.79 Å². The molecule has 1 aromatic carbocycles. The predicted octanol–water partition coefficient (Wildman–Crippen LogP) is 4.45. The number of ketones is 1. The van der Waals surface area contributed by atoms with Gasteiger partial charge < -0.3 is 5.11 Å². The number of aliphatic hydroxyl groups excluding tert-OH is 1. The first kappa shape index (κ1) is 16.0. The summed E-state index contributed by atoms with van der Waals surface area (Å²) in [5.41, 5.74) is 0.275. The van der Waals surface area contributed by atoms with Crippen LogP contribution in [0.1, 0.15) is 58.1 Å². The number of allylic oxidation sites excluding steroid dienone is 2. The van der Waals surface area contributed by atoms with Crippen LogP contribution in [0.4, 0.5) is 0 Å². The van der Waals surface area contributed by atoms with Gasteiger partial charge in [-0.2, -0.15) is 0 Å². The van der Waals surface area contributed by atoms with Gasteiger partial charge in [0, 0.05) is 0 Å². The van der Waals surface area contributed by atoms with Crippen LogP contribution in [0.15, 0.2) is 42.5 Å². The molecule has 0 fully saturated rings. The van der Waals surface area contributed by atoms with Crippen LogP contribution in [0.2, 0.25) is 0 Å². The van der Waals surface area contributed by atoms with Crippen LogP contribution in [-0.4, -0.2) is 10.9 Å². The van der Waals surface area contributed by atoms with Crippen LogP contribution in [0.25, 0.3) is 0 Å². The predicted molar refractivity (Wildman–Crippen MR) is 85.9 cm³/mol. The molecule has 1 aromatic rings. The van der Waals surface area contributed by atoms with Crippen molar-refractivity contribution < 1.29 is 9.90 Å². The molecule has 21 heavy (non-hydrogen) atoms. The largest absolute Gasteiger partial charge is 0.381 e. The Kier molecular flexibility index (Phi) is 4.67. The third-order valence-corrected chi connectivity index (χ3v) is 4.45. The highest BCUT2D eigenvalue weighted by Gasteiger charge is 2.44. The van der Waals surface area contributed by atoms with E-state index in [0.29, 0.717) is 5.56 Å². The number of benzene rings is 1. The average molecular weight is 286 g/mol. The molecule has 2 atom stereocenters. The molecular weight excluding hydrogens is 260 g/mol. The fourth-order valence-electron chi connectivity index (χ4n) is 3.56. The summed E-state index contributed by atoms with van der Waals surface area (Å²) in [6, 6.07) is 9.25. The van der Waals surface area contributed by atoms with Crippen LogP contribution in [0.5, 0.6) is 0 Å². The van der Waals surface area contributed by atoms with Crippen molar-refractivity contribution in [1.82, 2.24) is 0 Å². The van der Waals surface area contributed by atoms with E-state index < -0.39 is 11.5 Å². The second-order valence-corrected chi connectivity index (χ2v) is 7.03. The molecule has 2 heteroatoms. The maximum Gasteiger partial charge on any atom is 0.175 e. The van der Waals surface area contributed by atoms with E-state index in [1.165, 1.54) is 0 Å². The van der Waals surface area contributed by atoms with Crippen LogP contribution < -0.4 is 0 Å². The molecule has 0 radical (unpaired) electrons. The summed E-state index contributed by atoms with van der Waals surface area (Å²) in [4.78, 5) is 13.0. The number of hydrogen-bond donors (Lipinski definition) is 1. The maximum absolute atomic E-state index is 13.0. The van der Waals surface area contributed by atoms with Crippen LogP contribution in [-0.2, 0) is 4.79 Å². The van der Waals surface area contributed by atoms with Crippen molar-refractivity contribution in [3.63, 3.8) is 0 Å². The first-order chi connectivity index (χ1) is 9.90. The summed E-state index contributed by atoms with van der Waals surface area (Å²) in [5, 5.41) is 10.5. The summed E-state index contributed by atoms with van der Waals surface area (Å²) in [6.07, 6.45) is 6.69. The number of aliphatic hydroxyl groups is 1. The summed E-state index contributed by atoms with van der Waals surface area (Å²) in [5.74, 6) is -0.0559. The molecule has 2 nitrogen and oxygen atoms in total. The van der Waals surface area contributed by atoms with Crippen molar-refractivity contribution in [2.45, 2.75) is 52.6 Å². The number of rotatable bonds is 5. The molecule has 1 N–H and O–H groups in total. The smallest absolute Gasteiger partial charge is 0.175 e. The van der Waals surface area contributed by atoms with Gasteiger partial charge in [-0.05, 0) is 30.2 Å². The van der Waals surface area contributed by atoms with Crippen molar-refractivity contribution in [3.05, 3.63) is 48.0 Å². The van der Waals surface area contributed by atoms with Gasteiger partial charge >= 0.3 is 0 Å². The zero-order valence-corrected chi connectivity index (χ0v) is 13.3. The fourth-order valence-corrected chi connectivity index (χ4v) is 3.56. The number of Topliss-reactive ketones (excluding diaryl/α,β-unsaturated/α-hetero) is 1. The molecule has 1 aliphatic rings. The zero-order valence-electron chi connectivity index (χ0n) is 13.3. The lowest BCUT2D eigenvalue weighted by molar-refractivity contribution is -0.137. The molecular formula is C19H26O2. The van der Waals surface area contributed by atoms with Gasteiger partial charge in [-0.1, -0.05) is 69.7 Å². The first-order valence-electron chi connectivity index (χ1n) is 7.85. The van der Waals surface area contributed by atoms with Gasteiger partial charge in [-0.15, -0.1) is 0 Å². The van der Waals surface area contributed by atoms with Gasteiger partial charge in [0.25, 0.3) is 0 Å². The normalized spacial score (nSPS) is 25.5. The molecule has 0 saturated heterocycles. The minimum atomic E-state index is -1.03. The van der Waals surface area contributed by atoms with Gasteiger partial charge in [0.2, 0.25) is 0 Å². The highest BCUT2D eigenvalue weighted by atomic mass is 16.3. The number of carbonyl (C=O) groups is 1. The molecule has 0 bridgehead atoms. The monoisotopic (exact) mass is 286 g/mol. The van der Waals surface area contributed by atoms with E-state index in [4.69, 9.17) is 0 Å². The SMILES string of the molecule is CCCC1(C(=O)C(O)c2ccccc2)C=CCC(C)(C)C1. The quantitative estimate of drug-likeness (QED) is 0.812. The van der Waals surface area contributed by atoms with E-state index in [1.807, 2.05) is 30.3 Å². The van der Waals surface area contributed by atoms with E-state index in [0.717, 1.165) is 25.7 Å². The van der Waals surface area contributed by atoms with Crippen molar-refractivity contribution in [3.8, 4) is 0 Å². The van der Waals surface area contributed by atoms with Crippen molar-refractivity contribution >= 4 is 5.78 Å². The second kappa shape index (κ2) is 6.15. The van der Waals surface area contributed by atoms with E-state index in [2.05, 4.69) is 32.9 Å². The van der Waals surface area contributed by atoms with Crippen LogP contribution in [0.3, 0.4) is 0 Å². The highest BCUT2D eigenvalue weighted by molar-refractivity contribution is 5.91. The highest BCUT2D eigenvalue weighted by Crippen LogP contribution is 2.47. The van der Waals surface area contributed by atoms with Crippen molar-refractivity contribution in [1.29, 1.82) is 0 Å². The van der Waals surface area contributed by atoms with E-state index in [-0.39, 0.29) is 11.2 Å². The van der Waals surface area contributed by atoms with Crippen LogP contribution in [0, 0.1) is 10.8 Å². The molecule has 0 amide bonds. The molecule has 0 heterocycles. The Morgan fingerprint density at radius 3 is 2.52 bits per heavy atom. The van der Waals surface area contributed by atoms with E-state index in [1.54, 1.807) is 0 Å². The lowest BCUT2D eigenvalue weighted by atomic mass is 9.62. The molecule has 1 aliphatic carbocycles. The lowest BCUT2D eigenvalue weighted by Crippen LogP contribution is -2.39. The summed E-state index contributed by atoms with van der Waals surface area (Å²) in [6.45, 7) is 6.49. The molecule has 0 aliphatic heterocycles. The van der Waals surface area contributed by atoms with Gasteiger partial charge in [0.05, 0.1) is 5.41 Å². The Balaban J connectivity index is 2.32.